The molecule has 0 fully saturated rings. The van der Waals surface area contributed by atoms with Gasteiger partial charge in [-0.15, -0.1) is 0 Å². The molecule has 1 heterocycles. The molecule has 28 heavy (non-hydrogen) atoms. The van der Waals surface area contributed by atoms with Crippen molar-refractivity contribution in [3.05, 3.63) is 42.5 Å². The average Bonchev–Trinajstić information content (AvgIpc) is 2.74. The fraction of sp³-hybridized carbons (Fsp3) is 0.520. The number of ether oxygens (including phenoxy) is 1. The molecular weight excluding hydrogens is 344 g/mol. The molecule has 0 N–H and O–H groups in total. The first-order valence-electron chi connectivity index (χ1n) is 11.1. The number of rotatable bonds is 12. The van der Waals surface area contributed by atoms with Crippen LogP contribution in [-0.4, -0.2) is 12.1 Å². The maximum atomic E-state index is 5.56. The molecule has 150 valence electrons. The van der Waals surface area contributed by atoms with Crippen molar-refractivity contribution in [2.24, 2.45) is 0 Å². The minimum Gasteiger partial charge on any atom is -0.494 e. The van der Waals surface area contributed by atoms with E-state index in [1.165, 1.54) is 69.7 Å². The van der Waals surface area contributed by atoms with Crippen LogP contribution in [0.3, 0.4) is 0 Å². The van der Waals surface area contributed by atoms with Crippen LogP contribution in [0.15, 0.2) is 42.5 Å². The number of nitrogens with zero attached hydrogens (tertiary/aromatic N) is 2. The van der Waals surface area contributed by atoms with Crippen LogP contribution in [0.25, 0.3) is 22.1 Å². The average molecular weight is 380 g/mol. The van der Waals surface area contributed by atoms with Gasteiger partial charge < -0.3 is 4.74 Å². The zero-order valence-corrected chi connectivity index (χ0v) is 17.6. The van der Waals surface area contributed by atoms with Gasteiger partial charge in [0.2, 0.25) is 11.0 Å². The fourth-order valence-corrected chi connectivity index (χ4v) is 4.04. The molecule has 0 bridgehead atoms. The fourth-order valence-electron chi connectivity index (χ4n) is 4.04. The van der Waals surface area contributed by atoms with E-state index in [1.54, 1.807) is 7.11 Å². The monoisotopic (exact) mass is 379 g/mol. The Balaban J connectivity index is 1.60. The summed E-state index contributed by atoms with van der Waals surface area (Å²) < 4.78 is 7.98. The van der Waals surface area contributed by atoms with E-state index in [2.05, 4.69) is 47.9 Å². The molecule has 0 unspecified atom stereocenters. The summed E-state index contributed by atoms with van der Waals surface area (Å²) in [6.07, 6.45) is 13.6. The second-order valence-corrected chi connectivity index (χ2v) is 7.76. The number of fused-ring (bicyclic) bond motifs is 2. The molecule has 3 rings (SSSR count). The van der Waals surface area contributed by atoms with Crippen LogP contribution in [0.1, 0.15) is 71.1 Å². The number of aromatic nitrogens is 2. The molecule has 0 amide bonds. The number of hydrogen-bond acceptors (Lipinski definition) is 2. The summed E-state index contributed by atoms with van der Waals surface area (Å²) >= 11 is 0. The van der Waals surface area contributed by atoms with Gasteiger partial charge in [-0.3, -0.25) is 0 Å². The first-order valence-corrected chi connectivity index (χ1v) is 11.1. The lowest BCUT2D eigenvalue weighted by Crippen LogP contribution is -2.36. The highest BCUT2D eigenvalue weighted by atomic mass is 16.5. The molecule has 0 aliphatic carbocycles. The maximum absolute atomic E-state index is 5.56. The lowest BCUT2D eigenvalue weighted by Gasteiger charge is -2.08. The van der Waals surface area contributed by atoms with Gasteiger partial charge in [-0.25, -0.2) is 4.98 Å². The summed E-state index contributed by atoms with van der Waals surface area (Å²) in [6.45, 7) is 3.31. The highest BCUT2D eigenvalue weighted by Crippen LogP contribution is 2.23. The second kappa shape index (κ2) is 11.0. The van der Waals surface area contributed by atoms with Crippen molar-refractivity contribution in [1.82, 2.24) is 4.98 Å². The van der Waals surface area contributed by atoms with Crippen molar-refractivity contribution in [2.45, 2.75) is 77.7 Å². The zero-order valence-electron chi connectivity index (χ0n) is 17.6. The van der Waals surface area contributed by atoms with E-state index in [-0.39, 0.29) is 0 Å². The van der Waals surface area contributed by atoms with E-state index in [4.69, 9.17) is 9.72 Å². The quantitative estimate of drug-likeness (QED) is 0.201. The second-order valence-electron chi connectivity index (χ2n) is 7.76. The van der Waals surface area contributed by atoms with Crippen LogP contribution in [0.4, 0.5) is 0 Å². The third-order valence-corrected chi connectivity index (χ3v) is 5.63. The van der Waals surface area contributed by atoms with Gasteiger partial charge in [-0.2, -0.15) is 4.57 Å². The Labute approximate surface area is 169 Å². The first-order chi connectivity index (χ1) is 13.8. The number of para-hydroxylation sites is 3. The van der Waals surface area contributed by atoms with Crippen LogP contribution in [0.5, 0.6) is 5.75 Å². The lowest BCUT2D eigenvalue weighted by atomic mass is 10.1. The van der Waals surface area contributed by atoms with Crippen LogP contribution < -0.4 is 9.30 Å². The summed E-state index contributed by atoms with van der Waals surface area (Å²) in [7, 11) is 1.72. The van der Waals surface area contributed by atoms with Crippen molar-refractivity contribution in [3.63, 3.8) is 0 Å². The molecular formula is C25H35N2O+. The molecule has 0 spiro atoms. The van der Waals surface area contributed by atoms with Crippen LogP contribution in [-0.2, 0) is 6.54 Å². The van der Waals surface area contributed by atoms with E-state index in [0.29, 0.717) is 0 Å². The molecule has 0 aliphatic heterocycles. The number of unbranched alkanes of at least 4 members (excludes halogenated alkanes) is 9. The molecule has 0 radical (unpaired) electrons. The van der Waals surface area contributed by atoms with Crippen molar-refractivity contribution >= 4 is 22.1 Å². The first kappa shape index (κ1) is 20.6. The summed E-state index contributed by atoms with van der Waals surface area (Å²) in [5.41, 5.74) is 4.36. The highest BCUT2D eigenvalue weighted by molar-refractivity contribution is 5.85. The van der Waals surface area contributed by atoms with E-state index in [0.717, 1.165) is 28.8 Å². The molecule has 2 aromatic carbocycles. The molecule has 3 aromatic rings. The zero-order chi connectivity index (χ0) is 19.6. The largest absolute Gasteiger partial charge is 0.494 e. The van der Waals surface area contributed by atoms with Crippen molar-refractivity contribution < 1.29 is 9.30 Å². The summed E-state index contributed by atoms with van der Waals surface area (Å²) in [6, 6.07) is 14.6. The van der Waals surface area contributed by atoms with Gasteiger partial charge in [0.25, 0.3) is 0 Å². The van der Waals surface area contributed by atoms with E-state index in [9.17, 15) is 0 Å². The molecule has 0 saturated carbocycles. The molecule has 3 heteroatoms. The molecule has 0 aliphatic rings. The van der Waals surface area contributed by atoms with Gasteiger partial charge >= 0.3 is 0 Å². The Morgan fingerprint density at radius 3 is 2.11 bits per heavy atom. The Morgan fingerprint density at radius 2 is 1.39 bits per heavy atom. The van der Waals surface area contributed by atoms with Crippen molar-refractivity contribution in [2.75, 3.05) is 7.11 Å². The summed E-state index contributed by atoms with van der Waals surface area (Å²) in [5, 5.41) is 0. The normalized spacial score (nSPS) is 11.4. The third-order valence-electron chi connectivity index (χ3n) is 5.63. The van der Waals surface area contributed by atoms with Gasteiger partial charge in [-0.1, -0.05) is 76.5 Å². The predicted molar refractivity (Wildman–Crippen MR) is 118 cm³/mol. The van der Waals surface area contributed by atoms with Crippen LogP contribution in [0.2, 0.25) is 0 Å². The maximum Gasteiger partial charge on any atom is 0.235 e. The minimum absolute atomic E-state index is 0.847. The van der Waals surface area contributed by atoms with E-state index < -0.39 is 0 Å². The lowest BCUT2D eigenvalue weighted by molar-refractivity contribution is -0.646. The smallest absolute Gasteiger partial charge is 0.235 e. The Morgan fingerprint density at radius 1 is 0.750 bits per heavy atom. The van der Waals surface area contributed by atoms with Crippen molar-refractivity contribution in [1.29, 1.82) is 0 Å². The molecule has 0 saturated heterocycles. The van der Waals surface area contributed by atoms with Gasteiger partial charge in [-0.05, 0) is 18.6 Å². The molecule has 3 nitrogen and oxygen atoms in total. The van der Waals surface area contributed by atoms with Crippen LogP contribution >= 0.6 is 0 Å². The van der Waals surface area contributed by atoms with Crippen molar-refractivity contribution in [3.8, 4) is 5.75 Å². The summed E-state index contributed by atoms with van der Waals surface area (Å²) in [5.74, 6) is 0.847. The topological polar surface area (TPSA) is 26.0 Å². The van der Waals surface area contributed by atoms with Gasteiger partial charge in [0.1, 0.15) is 12.1 Å². The van der Waals surface area contributed by atoms with Gasteiger partial charge in [0.15, 0.2) is 11.3 Å². The molecule has 1 aromatic heterocycles. The molecule has 0 atom stereocenters. The number of benzene rings is 2. The van der Waals surface area contributed by atoms with E-state index in [1.807, 2.05) is 6.07 Å². The summed E-state index contributed by atoms with van der Waals surface area (Å²) in [4.78, 5) is 4.86. The van der Waals surface area contributed by atoms with Crippen LogP contribution in [0, 0.1) is 0 Å². The third kappa shape index (κ3) is 5.21. The minimum atomic E-state index is 0.847. The number of methoxy groups -OCH3 is 1. The highest BCUT2D eigenvalue weighted by Gasteiger charge is 2.18. The SMILES string of the molecule is CCCCCCCCCCCC[n+]1c2ccccc2nc2c(OC)cccc21. The Kier molecular flexibility index (Phi) is 8.07. The van der Waals surface area contributed by atoms with Gasteiger partial charge in [0, 0.05) is 18.6 Å². The number of aryl methyl sites for hydroxylation is 1. The standard InChI is InChI=1S/C25H35N2O/c1-3-4-5-6-7-8-9-10-11-14-20-27-22-17-13-12-16-21(22)26-25-23(27)18-15-19-24(25)28-2/h12-13,15-19H,3-11,14,20H2,1-2H3/q+1. The van der Waals surface area contributed by atoms with Gasteiger partial charge in [0.05, 0.1) is 7.11 Å². The predicted octanol–water partition coefficient (Wildman–Crippen LogP) is 6.61. The Bertz CT molecular complexity index is 875. The van der Waals surface area contributed by atoms with E-state index >= 15 is 0 Å². The Hall–Kier alpha value is -2.16. The number of hydrogen-bond donors (Lipinski definition) is 0.